The highest BCUT2D eigenvalue weighted by Crippen LogP contribution is 2.29. The Bertz CT molecular complexity index is 1060. The van der Waals surface area contributed by atoms with Crippen molar-refractivity contribution in [3.05, 3.63) is 77.3 Å². The molecule has 4 rings (SSSR count). The molecule has 3 aromatic heterocycles. The SMILES string of the molecule is Fc1cccc(F)c1-c1cc(NCc2cccnc2)c2ncc(Cl)n2n1. The summed E-state index contributed by atoms with van der Waals surface area (Å²) < 4.78 is 29.7. The molecule has 0 fully saturated rings. The molecule has 4 aromatic rings. The maximum absolute atomic E-state index is 14.2. The number of benzene rings is 1. The van der Waals surface area contributed by atoms with Crippen LogP contribution in [0.1, 0.15) is 5.56 Å². The van der Waals surface area contributed by atoms with Crippen LogP contribution in [0.2, 0.25) is 5.15 Å². The van der Waals surface area contributed by atoms with E-state index in [4.69, 9.17) is 11.6 Å². The molecule has 0 saturated carbocycles. The topological polar surface area (TPSA) is 55.1 Å². The van der Waals surface area contributed by atoms with Crippen LogP contribution in [0.4, 0.5) is 14.5 Å². The van der Waals surface area contributed by atoms with Gasteiger partial charge in [0.1, 0.15) is 11.6 Å². The quantitative estimate of drug-likeness (QED) is 0.580. The Morgan fingerprint density at radius 3 is 2.62 bits per heavy atom. The maximum Gasteiger partial charge on any atom is 0.178 e. The average molecular weight is 372 g/mol. The fourth-order valence-electron chi connectivity index (χ4n) is 2.64. The first-order valence-corrected chi connectivity index (χ1v) is 8.13. The lowest BCUT2D eigenvalue weighted by atomic mass is 10.1. The number of pyridine rings is 1. The van der Waals surface area contributed by atoms with E-state index in [1.807, 2.05) is 12.1 Å². The molecular formula is C18H12ClF2N5. The second kappa shape index (κ2) is 6.68. The predicted molar refractivity (Wildman–Crippen MR) is 94.9 cm³/mol. The fourth-order valence-corrected chi connectivity index (χ4v) is 2.80. The van der Waals surface area contributed by atoms with E-state index in [2.05, 4.69) is 20.4 Å². The van der Waals surface area contributed by atoms with E-state index in [1.165, 1.54) is 28.9 Å². The highest BCUT2D eigenvalue weighted by atomic mass is 35.5. The maximum atomic E-state index is 14.2. The van der Waals surface area contributed by atoms with Gasteiger partial charge < -0.3 is 5.32 Å². The van der Waals surface area contributed by atoms with Crippen LogP contribution in [0, 0.1) is 11.6 Å². The molecule has 8 heteroatoms. The lowest BCUT2D eigenvalue weighted by Crippen LogP contribution is -2.05. The monoisotopic (exact) mass is 371 g/mol. The molecule has 1 N–H and O–H groups in total. The molecule has 0 aliphatic carbocycles. The number of hydrogen-bond donors (Lipinski definition) is 1. The van der Waals surface area contributed by atoms with E-state index in [0.29, 0.717) is 17.9 Å². The predicted octanol–water partition coefficient (Wildman–Crippen LogP) is 4.34. The second-order valence-corrected chi connectivity index (χ2v) is 5.96. The fraction of sp³-hybridized carbons (Fsp3) is 0.0556. The summed E-state index contributed by atoms with van der Waals surface area (Å²) in [5.41, 5.74) is 1.84. The van der Waals surface area contributed by atoms with Crippen LogP contribution < -0.4 is 5.32 Å². The first-order valence-electron chi connectivity index (χ1n) is 7.75. The molecule has 0 amide bonds. The van der Waals surface area contributed by atoms with Crippen molar-refractivity contribution in [1.29, 1.82) is 0 Å². The molecule has 0 bridgehead atoms. The third-order valence-corrected chi connectivity index (χ3v) is 4.11. The Hall–Kier alpha value is -3.06. The number of halogens is 3. The standard InChI is InChI=1S/C18H12ClF2N5/c19-16-10-24-18-15(23-9-11-3-2-6-22-8-11)7-14(25-26(16)18)17-12(20)4-1-5-13(17)21/h1-8,10,23H,9H2. The van der Waals surface area contributed by atoms with Crippen LogP contribution >= 0.6 is 11.6 Å². The summed E-state index contributed by atoms with van der Waals surface area (Å²) in [6.07, 6.45) is 4.84. The highest BCUT2D eigenvalue weighted by Gasteiger charge is 2.17. The average Bonchev–Trinajstić information content (AvgIpc) is 3.02. The van der Waals surface area contributed by atoms with Gasteiger partial charge in [-0.15, -0.1) is 0 Å². The summed E-state index contributed by atoms with van der Waals surface area (Å²) in [6, 6.07) is 8.96. The van der Waals surface area contributed by atoms with E-state index in [9.17, 15) is 8.78 Å². The lowest BCUT2D eigenvalue weighted by Gasteiger charge is -2.11. The van der Waals surface area contributed by atoms with Crippen LogP contribution in [0.3, 0.4) is 0 Å². The summed E-state index contributed by atoms with van der Waals surface area (Å²) >= 11 is 6.11. The van der Waals surface area contributed by atoms with Gasteiger partial charge in [-0.25, -0.2) is 13.8 Å². The minimum atomic E-state index is -0.703. The van der Waals surface area contributed by atoms with E-state index in [0.717, 1.165) is 5.56 Å². The number of imidazole rings is 1. The Kier molecular flexibility index (Phi) is 4.22. The number of nitrogens with zero attached hydrogens (tertiary/aromatic N) is 4. The summed E-state index contributed by atoms with van der Waals surface area (Å²) in [7, 11) is 0. The summed E-state index contributed by atoms with van der Waals surface area (Å²) in [5.74, 6) is -1.41. The second-order valence-electron chi connectivity index (χ2n) is 5.57. The molecule has 0 aliphatic heterocycles. The van der Waals surface area contributed by atoms with Crippen LogP contribution in [-0.2, 0) is 6.54 Å². The highest BCUT2D eigenvalue weighted by molar-refractivity contribution is 6.29. The van der Waals surface area contributed by atoms with Gasteiger partial charge in [-0.1, -0.05) is 23.7 Å². The molecule has 5 nitrogen and oxygen atoms in total. The smallest absolute Gasteiger partial charge is 0.178 e. The number of rotatable bonds is 4. The van der Waals surface area contributed by atoms with E-state index in [1.54, 1.807) is 18.5 Å². The van der Waals surface area contributed by atoms with Gasteiger partial charge in [0.25, 0.3) is 0 Å². The molecular weight excluding hydrogens is 360 g/mol. The van der Waals surface area contributed by atoms with Gasteiger partial charge in [0, 0.05) is 18.9 Å². The molecule has 0 aliphatic rings. The van der Waals surface area contributed by atoms with Crippen LogP contribution in [0.15, 0.2) is 55.0 Å². The van der Waals surface area contributed by atoms with Crippen molar-refractivity contribution in [1.82, 2.24) is 19.6 Å². The summed E-state index contributed by atoms with van der Waals surface area (Å²) in [6.45, 7) is 0.456. The molecule has 0 unspecified atom stereocenters. The van der Waals surface area contributed by atoms with Crippen LogP contribution in [0.25, 0.3) is 16.9 Å². The molecule has 0 spiro atoms. The molecule has 3 heterocycles. The Morgan fingerprint density at radius 1 is 1.08 bits per heavy atom. The summed E-state index contributed by atoms with van der Waals surface area (Å²) in [4.78, 5) is 8.27. The van der Waals surface area contributed by atoms with Gasteiger partial charge in [0.05, 0.1) is 23.1 Å². The zero-order valence-corrected chi connectivity index (χ0v) is 14.1. The first-order chi connectivity index (χ1) is 12.6. The first kappa shape index (κ1) is 16.4. The van der Waals surface area contributed by atoms with Gasteiger partial charge in [-0.3, -0.25) is 4.98 Å². The van der Waals surface area contributed by atoms with Gasteiger partial charge in [-0.05, 0) is 29.8 Å². The van der Waals surface area contributed by atoms with Gasteiger partial charge in [-0.2, -0.15) is 9.61 Å². The van der Waals surface area contributed by atoms with Gasteiger partial charge in [0.2, 0.25) is 0 Å². The van der Waals surface area contributed by atoms with Gasteiger partial charge >= 0.3 is 0 Å². The Balaban J connectivity index is 1.82. The van der Waals surface area contributed by atoms with Crippen LogP contribution in [0.5, 0.6) is 0 Å². The third kappa shape index (κ3) is 2.97. The molecule has 26 heavy (non-hydrogen) atoms. The zero-order chi connectivity index (χ0) is 18.1. The van der Waals surface area contributed by atoms with Crippen molar-refractivity contribution in [3.63, 3.8) is 0 Å². The normalized spacial score (nSPS) is 11.0. The van der Waals surface area contributed by atoms with Crippen molar-refractivity contribution in [2.75, 3.05) is 5.32 Å². The van der Waals surface area contributed by atoms with E-state index in [-0.39, 0.29) is 16.4 Å². The third-order valence-electron chi connectivity index (χ3n) is 3.85. The number of nitrogens with one attached hydrogen (secondary N) is 1. The molecule has 1 aromatic carbocycles. The van der Waals surface area contributed by atoms with E-state index >= 15 is 0 Å². The summed E-state index contributed by atoms with van der Waals surface area (Å²) in [5, 5.41) is 7.67. The number of anilines is 1. The largest absolute Gasteiger partial charge is 0.378 e. The number of aromatic nitrogens is 4. The minimum absolute atomic E-state index is 0.113. The molecule has 0 saturated heterocycles. The molecule has 130 valence electrons. The minimum Gasteiger partial charge on any atom is -0.378 e. The van der Waals surface area contributed by atoms with Crippen molar-refractivity contribution in [2.45, 2.75) is 6.54 Å². The Morgan fingerprint density at radius 2 is 1.88 bits per heavy atom. The van der Waals surface area contributed by atoms with Crippen LogP contribution in [-0.4, -0.2) is 19.6 Å². The number of hydrogen-bond acceptors (Lipinski definition) is 4. The van der Waals surface area contributed by atoms with Crippen molar-refractivity contribution in [3.8, 4) is 11.3 Å². The van der Waals surface area contributed by atoms with E-state index < -0.39 is 11.6 Å². The van der Waals surface area contributed by atoms with Crippen molar-refractivity contribution in [2.24, 2.45) is 0 Å². The lowest BCUT2D eigenvalue weighted by molar-refractivity contribution is 0.588. The Labute approximate surface area is 152 Å². The van der Waals surface area contributed by atoms with Gasteiger partial charge in [0.15, 0.2) is 10.8 Å². The van der Waals surface area contributed by atoms with Crippen molar-refractivity contribution < 1.29 is 8.78 Å². The molecule has 0 radical (unpaired) electrons. The zero-order valence-electron chi connectivity index (χ0n) is 13.3. The molecule has 0 atom stereocenters. The van der Waals surface area contributed by atoms with Crippen molar-refractivity contribution >= 4 is 22.9 Å². The number of fused-ring (bicyclic) bond motifs is 1.